The van der Waals surface area contributed by atoms with Crippen molar-refractivity contribution in [3.8, 4) is 0 Å². The summed E-state index contributed by atoms with van der Waals surface area (Å²) in [5.74, 6) is 3.43. The molecule has 0 unspecified atom stereocenters. The molecule has 2 aliphatic carbocycles. The summed E-state index contributed by atoms with van der Waals surface area (Å²) in [7, 11) is 0. The van der Waals surface area contributed by atoms with Gasteiger partial charge in [0.25, 0.3) is 0 Å². The van der Waals surface area contributed by atoms with E-state index in [1.165, 1.54) is 38.5 Å². The minimum absolute atomic E-state index is 0.176. The first kappa shape index (κ1) is 14.6. The molecule has 0 amide bonds. The van der Waals surface area contributed by atoms with E-state index in [4.69, 9.17) is 4.98 Å². The molecule has 1 heterocycles. The summed E-state index contributed by atoms with van der Waals surface area (Å²) in [6.45, 7) is 3.79. The third kappa shape index (κ3) is 3.46. The molecule has 1 aromatic rings. The van der Waals surface area contributed by atoms with E-state index in [-0.39, 0.29) is 6.61 Å². The highest BCUT2D eigenvalue weighted by Gasteiger charge is 2.29. The second-order valence-electron chi connectivity index (χ2n) is 6.13. The topological polar surface area (TPSA) is 61.3 Å². The van der Waals surface area contributed by atoms with Gasteiger partial charge in [-0.15, -0.1) is 0 Å². The zero-order chi connectivity index (χ0) is 14.7. The average Bonchev–Trinajstić information content (AvgIpc) is 3.21. The molecule has 5 heteroatoms. The molecule has 2 N–H and O–H groups in total. The van der Waals surface area contributed by atoms with Crippen LogP contribution in [0.3, 0.4) is 0 Å². The molecule has 1 aromatic heterocycles. The Balaban J connectivity index is 1.88. The molecule has 21 heavy (non-hydrogen) atoms. The van der Waals surface area contributed by atoms with Crippen LogP contribution in [-0.2, 0) is 0 Å². The maximum absolute atomic E-state index is 9.42. The minimum Gasteiger partial charge on any atom is -0.395 e. The molecule has 2 fully saturated rings. The van der Waals surface area contributed by atoms with Gasteiger partial charge in [-0.05, 0) is 32.6 Å². The zero-order valence-electron chi connectivity index (χ0n) is 12.9. The van der Waals surface area contributed by atoms with Crippen LogP contribution in [-0.4, -0.2) is 40.8 Å². The van der Waals surface area contributed by atoms with Gasteiger partial charge in [0.2, 0.25) is 0 Å². The standard InChI is InChI=1S/C16H26N4O/c1-2-17-14-11-15(19-16(18-14)12-7-8-12)20(9-10-21)13-5-3-4-6-13/h11-13,21H,2-10H2,1H3,(H,17,18,19). The summed E-state index contributed by atoms with van der Waals surface area (Å²) in [6.07, 6.45) is 7.40. The molecule has 116 valence electrons. The monoisotopic (exact) mass is 290 g/mol. The predicted octanol–water partition coefficient (Wildman–Crippen LogP) is 2.53. The average molecular weight is 290 g/mol. The van der Waals surface area contributed by atoms with Crippen LogP contribution in [0.1, 0.15) is 57.2 Å². The van der Waals surface area contributed by atoms with Gasteiger partial charge < -0.3 is 15.3 Å². The van der Waals surface area contributed by atoms with Gasteiger partial charge in [-0.3, -0.25) is 0 Å². The number of hydrogen-bond donors (Lipinski definition) is 2. The van der Waals surface area contributed by atoms with Crippen LogP contribution in [0.2, 0.25) is 0 Å². The lowest BCUT2D eigenvalue weighted by atomic mass is 10.2. The second-order valence-corrected chi connectivity index (χ2v) is 6.13. The van der Waals surface area contributed by atoms with E-state index in [0.717, 1.165) is 24.0 Å². The molecule has 0 bridgehead atoms. The Morgan fingerprint density at radius 3 is 2.62 bits per heavy atom. The minimum atomic E-state index is 0.176. The quantitative estimate of drug-likeness (QED) is 0.808. The van der Waals surface area contributed by atoms with Crippen molar-refractivity contribution in [2.24, 2.45) is 0 Å². The summed E-state index contributed by atoms with van der Waals surface area (Å²) < 4.78 is 0. The van der Waals surface area contributed by atoms with Crippen LogP contribution >= 0.6 is 0 Å². The van der Waals surface area contributed by atoms with E-state index in [9.17, 15) is 5.11 Å². The lowest BCUT2D eigenvalue weighted by Crippen LogP contribution is -2.36. The molecule has 2 aliphatic rings. The molecule has 0 saturated heterocycles. The number of nitrogens with zero attached hydrogens (tertiary/aromatic N) is 3. The maximum atomic E-state index is 9.42. The second kappa shape index (κ2) is 6.60. The summed E-state index contributed by atoms with van der Waals surface area (Å²) in [6, 6.07) is 2.57. The van der Waals surface area contributed by atoms with Crippen molar-refractivity contribution in [2.75, 3.05) is 29.9 Å². The van der Waals surface area contributed by atoms with Crippen LogP contribution < -0.4 is 10.2 Å². The van der Waals surface area contributed by atoms with Gasteiger partial charge in [0, 0.05) is 31.1 Å². The Labute approximate surface area is 126 Å². The fourth-order valence-electron chi connectivity index (χ4n) is 3.20. The number of anilines is 2. The van der Waals surface area contributed by atoms with Crippen molar-refractivity contribution in [1.82, 2.24) is 9.97 Å². The molecule has 2 saturated carbocycles. The van der Waals surface area contributed by atoms with E-state index < -0.39 is 0 Å². The van der Waals surface area contributed by atoms with Gasteiger partial charge in [0.15, 0.2) is 0 Å². The largest absolute Gasteiger partial charge is 0.395 e. The Kier molecular flexibility index (Phi) is 4.58. The van der Waals surface area contributed by atoms with Gasteiger partial charge in [0.05, 0.1) is 6.61 Å². The Bertz CT molecular complexity index is 469. The first-order chi connectivity index (χ1) is 10.3. The molecule has 0 radical (unpaired) electrons. The Morgan fingerprint density at radius 2 is 2.00 bits per heavy atom. The first-order valence-corrected chi connectivity index (χ1v) is 8.32. The van der Waals surface area contributed by atoms with Crippen LogP contribution in [0.15, 0.2) is 6.07 Å². The van der Waals surface area contributed by atoms with Crippen molar-refractivity contribution in [3.63, 3.8) is 0 Å². The Morgan fingerprint density at radius 1 is 1.24 bits per heavy atom. The fourth-order valence-corrected chi connectivity index (χ4v) is 3.20. The highest BCUT2D eigenvalue weighted by molar-refractivity contribution is 5.51. The van der Waals surface area contributed by atoms with Crippen molar-refractivity contribution in [3.05, 3.63) is 11.9 Å². The molecule has 0 spiro atoms. The first-order valence-electron chi connectivity index (χ1n) is 8.32. The van der Waals surface area contributed by atoms with Gasteiger partial charge >= 0.3 is 0 Å². The molecule has 0 atom stereocenters. The number of hydrogen-bond acceptors (Lipinski definition) is 5. The third-order valence-electron chi connectivity index (χ3n) is 4.43. The lowest BCUT2D eigenvalue weighted by Gasteiger charge is -2.30. The van der Waals surface area contributed by atoms with E-state index in [2.05, 4.69) is 22.1 Å². The smallest absolute Gasteiger partial charge is 0.136 e. The third-order valence-corrected chi connectivity index (χ3v) is 4.43. The van der Waals surface area contributed by atoms with Gasteiger partial charge in [0.1, 0.15) is 17.5 Å². The number of aromatic nitrogens is 2. The molecule has 0 aromatic carbocycles. The molecular formula is C16H26N4O. The highest BCUT2D eigenvalue weighted by atomic mass is 16.3. The summed E-state index contributed by atoms with van der Waals surface area (Å²) in [5.41, 5.74) is 0. The molecular weight excluding hydrogens is 264 g/mol. The van der Waals surface area contributed by atoms with Gasteiger partial charge in [-0.1, -0.05) is 12.8 Å². The van der Waals surface area contributed by atoms with Crippen LogP contribution in [0.5, 0.6) is 0 Å². The van der Waals surface area contributed by atoms with E-state index >= 15 is 0 Å². The molecule has 5 nitrogen and oxygen atoms in total. The number of aliphatic hydroxyl groups excluding tert-OH is 1. The predicted molar refractivity (Wildman–Crippen MR) is 84.9 cm³/mol. The van der Waals surface area contributed by atoms with E-state index in [1.54, 1.807) is 0 Å². The molecule has 3 rings (SSSR count). The number of rotatable bonds is 7. The Hall–Kier alpha value is -1.36. The highest BCUT2D eigenvalue weighted by Crippen LogP contribution is 2.39. The van der Waals surface area contributed by atoms with Crippen molar-refractivity contribution < 1.29 is 5.11 Å². The molecule has 0 aliphatic heterocycles. The fraction of sp³-hybridized carbons (Fsp3) is 0.750. The zero-order valence-corrected chi connectivity index (χ0v) is 12.9. The SMILES string of the molecule is CCNc1cc(N(CCO)C2CCCC2)nc(C2CC2)n1. The lowest BCUT2D eigenvalue weighted by molar-refractivity contribution is 0.296. The van der Waals surface area contributed by atoms with Gasteiger partial charge in [-0.2, -0.15) is 0 Å². The van der Waals surface area contributed by atoms with E-state index in [0.29, 0.717) is 18.5 Å². The summed E-state index contributed by atoms with van der Waals surface area (Å²) in [4.78, 5) is 11.7. The normalized spacial score (nSPS) is 19.0. The number of aliphatic hydroxyl groups is 1. The van der Waals surface area contributed by atoms with Crippen LogP contribution in [0, 0.1) is 0 Å². The maximum Gasteiger partial charge on any atom is 0.136 e. The van der Waals surface area contributed by atoms with Crippen molar-refractivity contribution in [2.45, 2.75) is 57.4 Å². The van der Waals surface area contributed by atoms with Gasteiger partial charge in [-0.25, -0.2) is 9.97 Å². The number of nitrogens with one attached hydrogen (secondary N) is 1. The summed E-state index contributed by atoms with van der Waals surface area (Å²) >= 11 is 0. The van der Waals surface area contributed by atoms with Crippen LogP contribution in [0.4, 0.5) is 11.6 Å². The van der Waals surface area contributed by atoms with Crippen molar-refractivity contribution in [1.29, 1.82) is 0 Å². The van der Waals surface area contributed by atoms with Crippen molar-refractivity contribution >= 4 is 11.6 Å². The van der Waals surface area contributed by atoms with Crippen LogP contribution in [0.25, 0.3) is 0 Å². The summed E-state index contributed by atoms with van der Waals surface area (Å²) in [5, 5.41) is 12.7. The van der Waals surface area contributed by atoms with E-state index in [1.807, 2.05) is 6.07 Å².